The number of aromatic nitrogens is 2. The number of piperidine rings is 1. The van der Waals surface area contributed by atoms with Gasteiger partial charge in [0.25, 0.3) is 0 Å². The fourth-order valence-electron chi connectivity index (χ4n) is 3.23. The molecule has 0 spiro atoms. The maximum absolute atomic E-state index is 12.4. The van der Waals surface area contributed by atoms with Crippen molar-refractivity contribution in [3.63, 3.8) is 0 Å². The van der Waals surface area contributed by atoms with Crippen molar-refractivity contribution in [1.82, 2.24) is 20.4 Å². The molecule has 6 heteroatoms. The Bertz CT molecular complexity index is 540. The molecule has 6 nitrogen and oxygen atoms in total. The van der Waals surface area contributed by atoms with Gasteiger partial charge in [-0.1, -0.05) is 17.3 Å². The molecule has 1 aromatic rings. The van der Waals surface area contributed by atoms with Crippen LogP contribution < -0.4 is 5.32 Å². The summed E-state index contributed by atoms with van der Waals surface area (Å²) in [4.78, 5) is 18.5. The van der Waals surface area contributed by atoms with Gasteiger partial charge < -0.3 is 14.7 Å². The third kappa shape index (κ3) is 3.67. The van der Waals surface area contributed by atoms with E-state index in [0.29, 0.717) is 24.2 Å². The Morgan fingerprint density at radius 1 is 1.45 bits per heavy atom. The first-order valence-electron chi connectivity index (χ1n) is 8.20. The van der Waals surface area contributed by atoms with Crippen molar-refractivity contribution in [2.45, 2.75) is 44.9 Å². The molecule has 1 fully saturated rings. The van der Waals surface area contributed by atoms with E-state index in [1.54, 1.807) is 0 Å². The van der Waals surface area contributed by atoms with Gasteiger partial charge in [-0.3, -0.25) is 0 Å². The van der Waals surface area contributed by atoms with Crippen molar-refractivity contribution in [2.75, 3.05) is 19.6 Å². The largest absolute Gasteiger partial charge is 0.339 e. The van der Waals surface area contributed by atoms with Crippen LogP contribution in [0.5, 0.6) is 0 Å². The van der Waals surface area contributed by atoms with Gasteiger partial charge in [0.05, 0.1) is 5.92 Å². The highest BCUT2D eigenvalue weighted by molar-refractivity contribution is 5.74. The Morgan fingerprint density at radius 3 is 3.09 bits per heavy atom. The van der Waals surface area contributed by atoms with E-state index in [0.717, 1.165) is 38.8 Å². The Kier molecular flexibility index (Phi) is 4.75. The van der Waals surface area contributed by atoms with Crippen molar-refractivity contribution in [3.8, 4) is 0 Å². The van der Waals surface area contributed by atoms with Gasteiger partial charge in [0, 0.05) is 19.6 Å². The van der Waals surface area contributed by atoms with Crippen molar-refractivity contribution in [2.24, 2.45) is 5.92 Å². The maximum Gasteiger partial charge on any atom is 0.317 e. The van der Waals surface area contributed by atoms with Crippen LogP contribution in [-0.2, 0) is 0 Å². The molecule has 0 aromatic carbocycles. The quantitative estimate of drug-likeness (QED) is 0.871. The van der Waals surface area contributed by atoms with Crippen molar-refractivity contribution in [1.29, 1.82) is 0 Å². The molecule has 120 valence electrons. The first-order chi connectivity index (χ1) is 10.7. The van der Waals surface area contributed by atoms with Gasteiger partial charge in [-0.2, -0.15) is 4.98 Å². The fourth-order valence-corrected chi connectivity index (χ4v) is 3.23. The van der Waals surface area contributed by atoms with E-state index in [1.807, 2.05) is 11.8 Å². The lowest BCUT2D eigenvalue weighted by atomic mass is 9.94. The molecule has 0 bridgehead atoms. The summed E-state index contributed by atoms with van der Waals surface area (Å²) in [6.45, 7) is 4.06. The van der Waals surface area contributed by atoms with Gasteiger partial charge in [0.15, 0.2) is 5.82 Å². The number of carbonyl (C=O) groups is 1. The van der Waals surface area contributed by atoms with Crippen molar-refractivity contribution < 1.29 is 9.32 Å². The third-order valence-electron chi connectivity index (χ3n) is 4.52. The lowest BCUT2D eigenvalue weighted by Gasteiger charge is -2.31. The highest BCUT2D eigenvalue weighted by Gasteiger charge is 2.28. The van der Waals surface area contributed by atoms with E-state index in [-0.39, 0.29) is 11.9 Å². The minimum atomic E-state index is 0.0375. The number of amides is 2. The lowest BCUT2D eigenvalue weighted by molar-refractivity contribution is 0.170. The average Bonchev–Trinajstić information content (AvgIpc) is 3.00. The first-order valence-corrected chi connectivity index (χ1v) is 8.20. The normalized spacial score (nSPS) is 25.2. The topological polar surface area (TPSA) is 71.3 Å². The second-order valence-electron chi connectivity index (χ2n) is 6.30. The average molecular weight is 304 g/mol. The molecule has 2 heterocycles. The second kappa shape index (κ2) is 6.94. The SMILES string of the molecule is Cc1noc(C2CCCN(C(=O)NCC3CC=CCC3)C2)n1. The molecule has 1 N–H and O–H groups in total. The maximum atomic E-state index is 12.4. The number of nitrogens with zero attached hydrogens (tertiary/aromatic N) is 3. The molecule has 0 saturated carbocycles. The molecular formula is C16H24N4O2. The highest BCUT2D eigenvalue weighted by atomic mass is 16.5. The van der Waals surface area contributed by atoms with Crippen molar-refractivity contribution >= 4 is 6.03 Å². The van der Waals surface area contributed by atoms with Gasteiger partial charge in [-0.05, 0) is 44.9 Å². The summed E-state index contributed by atoms with van der Waals surface area (Å²) in [5.41, 5.74) is 0. The summed E-state index contributed by atoms with van der Waals surface area (Å²) in [5, 5.41) is 6.93. The molecule has 2 aliphatic rings. The molecule has 3 rings (SSSR count). The number of aryl methyl sites for hydroxylation is 1. The van der Waals surface area contributed by atoms with Gasteiger partial charge in [-0.25, -0.2) is 4.79 Å². The zero-order valence-electron chi connectivity index (χ0n) is 13.1. The van der Waals surface area contributed by atoms with Crippen LogP contribution in [0.3, 0.4) is 0 Å². The van der Waals surface area contributed by atoms with Gasteiger partial charge in [0.2, 0.25) is 5.89 Å². The van der Waals surface area contributed by atoms with Crippen LogP contribution in [0.1, 0.15) is 49.7 Å². The number of hydrogen-bond acceptors (Lipinski definition) is 4. The predicted octanol–water partition coefficient (Wildman–Crippen LogP) is 2.62. The molecule has 22 heavy (non-hydrogen) atoms. The predicted molar refractivity (Wildman–Crippen MR) is 82.5 cm³/mol. The van der Waals surface area contributed by atoms with Crippen LogP contribution in [0.15, 0.2) is 16.7 Å². The molecule has 0 radical (unpaired) electrons. The van der Waals surface area contributed by atoms with Crippen molar-refractivity contribution in [3.05, 3.63) is 23.9 Å². The van der Waals surface area contributed by atoms with Gasteiger partial charge in [-0.15, -0.1) is 0 Å². The van der Waals surface area contributed by atoms with Gasteiger partial charge >= 0.3 is 6.03 Å². The summed E-state index contributed by atoms with van der Waals surface area (Å²) in [6, 6.07) is 0.0375. The molecule has 1 aromatic heterocycles. The smallest absolute Gasteiger partial charge is 0.317 e. The molecule has 2 atom stereocenters. The monoisotopic (exact) mass is 304 g/mol. The van der Waals surface area contributed by atoms with E-state index in [9.17, 15) is 4.79 Å². The summed E-state index contributed by atoms with van der Waals surface area (Å²) in [6.07, 6.45) is 9.79. The number of nitrogens with one attached hydrogen (secondary N) is 1. The Morgan fingerprint density at radius 2 is 2.36 bits per heavy atom. The van der Waals surface area contributed by atoms with Gasteiger partial charge in [0.1, 0.15) is 0 Å². The van der Waals surface area contributed by atoms with E-state index in [4.69, 9.17) is 4.52 Å². The number of rotatable bonds is 3. The molecule has 2 amide bonds. The van der Waals surface area contributed by atoms with E-state index in [2.05, 4.69) is 27.6 Å². The number of allylic oxidation sites excluding steroid dienone is 2. The zero-order chi connectivity index (χ0) is 15.4. The minimum Gasteiger partial charge on any atom is -0.339 e. The van der Waals surface area contributed by atoms with E-state index >= 15 is 0 Å². The van der Waals surface area contributed by atoms with Crippen LogP contribution in [0.4, 0.5) is 4.79 Å². The number of urea groups is 1. The minimum absolute atomic E-state index is 0.0375. The molecule has 1 aliphatic carbocycles. The van der Waals surface area contributed by atoms with E-state index in [1.165, 1.54) is 6.42 Å². The first kappa shape index (κ1) is 15.1. The molecule has 2 unspecified atom stereocenters. The van der Waals surface area contributed by atoms with Crippen LogP contribution >= 0.6 is 0 Å². The van der Waals surface area contributed by atoms with Crippen LogP contribution in [0.25, 0.3) is 0 Å². The molecular weight excluding hydrogens is 280 g/mol. The summed E-state index contributed by atoms with van der Waals surface area (Å²) < 4.78 is 5.26. The fraction of sp³-hybridized carbons (Fsp3) is 0.688. The Labute approximate surface area is 130 Å². The number of carbonyl (C=O) groups excluding carboxylic acids is 1. The number of likely N-dealkylation sites (tertiary alicyclic amines) is 1. The summed E-state index contributed by atoms with van der Waals surface area (Å²) >= 11 is 0. The van der Waals surface area contributed by atoms with Crippen LogP contribution in [0, 0.1) is 12.8 Å². The number of hydrogen-bond donors (Lipinski definition) is 1. The zero-order valence-corrected chi connectivity index (χ0v) is 13.1. The summed E-state index contributed by atoms with van der Waals surface area (Å²) in [7, 11) is 0. The highest BCUT2D eigenvalue weighted by Crippen LogP contribution is 2.25. The lowest BCUT2D eigenvalue weighted by Crippen LogP contribution is -2.46. The van der Waals surface area contributed by atoms with E-state index < -0.39 is 0 Å². The second-order valence-corrected chi connectivity index (χ2v) is 6.30. The molecule has 1 aliphatic heterocycles. The molecule has 1 saturated heterocycles. The Hall–Kier alpha value is -1.85. The third-order valence-corrected chi connectivity index (χ3v) is 4.52. The summed E-state index contributed by atoms with van der Waals surface area (Å²) in [5.74, 6) is 2.06. The van der Waals surface area contributed by atoms with Crippen LogP contribution in [-0.4, -0.2) is 40.7 Å². The Balaban J connectivity index is 1.50. The standard InChI is InChI=1S/C16H24N4O2/c1-12-18-15(22-19-12)14-8-5-9-20(11-14)16(21)17-10-13-6-3-2-4-7-13/h2-3,13-14H,4-11H2,1H3,(H,17,21). The van der Waals surface area contributed by atoms with Crippen LogP contribution in [0.2, 0.25) is 0 Å².